The number of halogens is 1. The standard InChI is InChI=1S/C18H20FN3O5/c1-3-26-16-8-6-13(10-17(16)27-4-2)21-18(23)11-20-12-5-7-14(19)15(9-12)22(24)25/h5-10,20H,3-4,11H2,1-2H3,(H,21,23). The molecule has 2 aromatic rings. The van der Waals surface area contributed by atoms with E-state index in [0.29, 0.717) is 30.4 Å². The van der Waals surface area contributed by atoms with Crippen molar-refractivity contribution in [3.63, 3.8) is 0 Å². The predicted molar refractivity (Wildman–Crippen MR) is 99.0 cm³/mol. The van der Waals surface area contributed by atoms with Gasteiger partial charge in [-0.3, -0.25) is 14.9 Å². The lowest BCUT2D eigenvalue weighted by atomic mass is 10.2. The zero-order valence-electron chi connectivity index (χ0n) is 15.0. The Balaban J connectivity index is 2.00. The number of amides is 1. The normalized spacial score (nSPS) is 10.2. The van der Waals surface area contributed by atoms with E-state index in [0.717, 1.165) is 12.1 Å². The smallest absolute Gasteiger partial charge is 0.306 e. The molecule has 1 amide bonds. The molecule has 0 fully saturated rings. The Bertz CT molecular complexity index is 829. The maximum Gasteiger partial charge on any atom is 0.306 e. The molecule has 0 atom stereocenters. The molecule has 0 unspecified atom stereocenters. The number of carbonyl (C=O) groups excluding carboxylic acids is 1. The Kier molecular flexibility index (Phi) is 6.93. The third kappa shape index (κ3) is 5.56. The largest absolute Gasteiger partial charge is 0.490 e. The summed E-state index contributed by atoms with van der Waals surface area (Å²) < 4.78 is 24.3. The van der Waals surface area contributed by atoms with Crippen LogP contribution in [0.25, 0.3) is 0 Å². The quantitative estimate of drug-likeness (QED) is 0.511. The molecule has 0 heterocycles. The molecule has 0 aliphatic carbocycles. The predicted octanol–water partition coefficient (Wildman–Crippen LogP) is 3.58. The maximum atomic E-state index is 13.3. The fourth-order valence-electron chi connectivity index (χ4n) is 2.28. The Morgan fingerprint density at radius 3 is 2.41 bits per heavy atom. The summed E-state index contributed by atoms with van der Waals surface area (Å²) in [5.41, 5.74) is 0.118. The highest BCUT2D eigenvalue weighted by Gasteiger charge is 2.15. The Morgan fingerprint density at radius 2 is 1.74 bits per heavy atom. The van der Waals surface area contributed by atoms with Crippen LogP contribution in [0.4, 0.5) is 21.5 Å². The summed E-state index contributed by atoms with van der Waals surface area (Å²) in [5.74, 6) is -0.227. The lowest BCUT2D eigenvalue weighted by Crippen LogP contribution is -2.21. The average molecular weight is 377 g/mol. The summed E-state index contributed by atoms with van der Waals surface area (Å²) in [6, 6.07) is 8.34. The van der Waals surface area contributed by atoms with E-state index in [4.69, 9.17) is 9.47 Å². The van der Waals surface area contributed by atoms with Crippen LogP contribution in [0.1, 0.15) is 13.8 Å². The third-order valence-electron chi connectivity index (χ3n) is 3.42. The van der Waals surface area contributed by atoms with Crippen molar-refractivity contribution in [1.82, 2.24) is 0 Å². The monoisotopic (exact) mass is 377 g/mol. The van der Waals surface area contributed by atoms with Gasteiger partial charge in [0.05, 0.1) is 24.7 Å². The van der Waals surface area contributed by atoms with Crippen molar-refractivity contribution in [2.75, 3.05) is 30.4 Å². The molecule has 2 aromatic carbocycles. The number of nitro groups is 1. The summed E-state index contributed by atoms with van der Waals surface area (Å²) in [7, 11) is 0. The van der Waals surface area contributed by atoms with E-state index in [2.05, 4.69) is 10.6 Å². The molecule has 0 saturated heterocycles. The molecule has 8 nitrogen and oxygen atoms in total. The SMILES string of the molecule is CCOc1ccc(NC(=O)CNc2ccc(F)c([N+](=O)[O-])c2)cc1OCC. The molecular formula is C18H20FN3O5. The summed E-state index contributed by atoms with van der Waals surface area (Å²) in [6.45, 7) is 4.48. The van der Waals surface area contributed by atoms with Gasteiger partial charge in [0.15, 0.2) is 11.5 Å². The van der Waals surface area contributed by atoms with Crippen LogP contribution < -0.4 is 20.1 Å². The van der Waals surface area contributed by atoms with Crippen molar-refractivity contribution in [3.8, 4) is 11.5 Å². The number of ether oxygens (including phenoxy) is 2. The highest BCUT2D eigenvalue weighted by molar-refractivity contribution is 5.94. The molecule has 0 spiro atoms. The molecular weight excluding hydrogens is 357 g/mol. The van der Waals surface area contributed by atoms with Crippen molar-refractivity contribution in [1.29, 1.82) is 0 Å². The molecule has 144 valence electrons. The molecule has 0 saturated carbocycles. The minimum atomic E-state index is -0.937. The van der Waals surface area contributed by atoms with Crippen LogP contribution >= 0.6 is 0 Å². The van der Waals surface area contributed by atoms with E-state index in [1.54, 1.807) is 18.2 Å². The van der Waals surface area contributed by atoms with Gasteiger partial charge in [0.2, 0.25) is 11.7 Å². The van der Waals surface area contributed by atoms with E-state index in [1.807, 2.05) is 13.8 Å². The van der Waals surface area contributed by atoms with Gasteiger partial charge in [0.25, 0.3) is 0 Å². The van der Waals surface area contributed by atoms with Crippen molar-refractivity contribution in [2.45, 2.75) is 13.8 Å². The summed E-state index contributed by atoms with van der Waals surface area (Å²) in [6.07, 6.45) is 0. The van der Waals surface area contributed by atoms with Gasteiger partial charge >= 0.3 is 5.69 Å². The first-order valence-electron chi connectivity index (χ1n) is 8.31. The fourth-order valence-corrected chi connectivity index (χ4v) is 2.28. The van der Waals surface area contributed by atoms with E-state index >= 15 is 0 Å². The number of nitro benzene ring substituents is 1. The second-order valence-corrected chi connectivity index (χ2v) is 5.35. The maximum absolute atomic E-state index is 13.3. The van der Waals surface area contributed by atoms with Crippen molar-refractivity contribution < 1.29 is 23.6 Å². The minimum Gasteiger partial charge on any atom is -0.490 e. The number of hydrogen-bond acceptors (Lipinski definition) is 6. The summed E-state index contributed by atoms with van der Waals surface area (Å²) in [5, 5.41) is 16.2. The molecule has 2 rings (SSSR count). The number of nitrogens with one attached hydrogen (secondary N) is 2. The molecule has 0 aromatic heterocycles. The second kappa shape index (κ2) is 9.37. The molecule has 2 N–H and O–H groups in total. The molecule has 0 aliphatic heterocycles. The van der Waals surface area contributed by atoms with Gasteiger partial charge in [-0.15, -0.1) is 0 Å². The lowest BCUT2D eigenvalue weighted by Gasteiger charge is -2.13. The third-order valence-corrected chi connectivity index (χ3v) is 3.42. The summed E-state index contributed by atoms with van der Waals surface area (Å²) >= 11 is 0. The Labute approximate surface area is 155 Å². The number of benzene rings is 2. The topological polar surface area (TPSA) is 103 Å². The molecule has 0 bridgehead atoms. The average Bonchev–Trinajstić information content (AvgIpc) is 2.63. The van der Waals surface area contributed by atoms with Gasteiger partial charge in [-0.2, -0.15) is 4.39 Å². The minimum absolute atomic E-state index is 0.153. The van der Waals surface area contributed by atoms with E-state index in [-0.39, 0.29) is 18.1 Å². The highest BCUT2D eigenvalue weighted by atomic mass is 19.1. The first kappa shape index (κ1) is 20.0. The molecule has 0 radical (unpaired) electrons. The van der Waals surface area contributed by atoms with Gasteiger partial charge in [-0.05, 0) is 38.1 Å². The van der Waals surface area contributed by atoms with Crippen LogP contribution in [-0.4, -0.2) is 30.6 Å². The first-order valence-corrected chi connectivity index (χ1v) is 8.31. The van der Waals surface area contributed by atoms with Gasteiger partial charge in [-0.1, -0.05) is 0 Å². The van der Waals surface area contributed by atoms with Crippen LogP contribution in [-0.2, 0) is 4.79 Å². The van der Waals surface area contributed by atoms with Crippen LogP contribution in [0, 0.1) is 15.9 Å². The first-order chi connectivity index (χ1) is 12.9. The van der Waals surface area contributed by atoms with Crippen molar-refractivity contribution in [2.24, 2.45) is 0 Å². The van der Waals surface area contributed by atoms with Gasteiger partial charge in [-0.25, -0.2) is 0 Å². The second-order valence-electron chi connectivity index (χ2n) is 5.35. The zero-order chi connectivity index (χ0) is 19.8. The van der Waals surface area contributed by atoms with Crippen LogP contribution in [0.5, 0.6) is 11.5 Å². The van der Waals surface area contributed by atoms with E-state index in [9.17, 15) is 19.3 Å². The number of anilines is 2. The van der Waals surface area contributed by atoms with Gasteiger partial charge in [0.1, 0.15) is 0 Å². The Hall–Kier alpha value is -3.36. The van der Waals surface area contributed by atoms with Crippen molar-refractivity contribution in [3.05, 3.63) is 52.3 Å². The number of nitrogens with zero attached hydrogens (tertiary/aromatic N) is 1. The van der Waals surface area contributed by atoms with Crippen LogP contribution in [0.15, 0.2) is 36.4 Å². The van der Waals surface area contributed by atoms with Crippen molar-refractivity contribution >= 4 is 23.0 Å². The molecule has 27 heavy (non-hydrogen) atoms. The van der Waals surface area contributed by atoms with E-state index < -0.39 is 16.4 Å². The molecule has 9 heteroatoms. The number of hydrogen-bond donors (Lipinski definition) is 2. The van der Waals surface area contributed by atoms with Gasteiger partial charge in [0, 0.05) is 23.5 Å². The van der Waals surface area contributed by atoms with Crippen LogP contribution in [0.3, 0.4) is 0 Å². The zero-order valence-corrected chi connectivity index (χ0v) is 15.0. The lowest BCUT2D eigenvalue weighted by molar-refractivity contribution is -0.387. The van der Waals surface area contributed by atoms with Gasteiger partial charge < -0.3 is 20.1 Å². The highest BCUT2D eigenvalue weighted by Crippen LogP contribution is 2.30. The van der Waals surface area contributed by atoms with E-state index in [1.165, 1.54) is 6.07 Å². The fraction of sp³-hybridized carbons (Fsp3) is 0.278. The molecule has 0 aliphatic rings. The number of carbonyl (C=O) groups is 1. The number of rotatable bonds is 9. The Morgan fingerprint density at radius 1 is 1.07 bits per heavy atom. The summed E-state index contributed by atoms with van der Waals surface area (Å²) in [4.78, 5) is 22.0. The van der Waals surface area contributed by atoms with Crippen LogP contribution in [0.2, 0.25) is 0 Å².